The molecule has 0 fully saturated rings. The third-order valence-corrected chi connectivity index (χ3v) is 3.66. The van der Waals surface area contributed by atoms with Gasteiger partial charge in [0.2, 0.25) is 0 Å². The van der Waals surface area contributed by atoms with E-state index in [4.69, 9.17) is 4.42 Å². The fourth-order valence-corrected chi connectivity index (χ4v) is 2.54. The van der Waals surface area contributed by atoms with Gasteiger partial charge in [-0.15, -0.1) is 11.3 Å². The third-order valence-electron chi connectivity index (χ3n) is 2.70. The van der Waals surface area contributed by atoms with Crippen molar-refractivity contribution in [1.82, 2.24) is 9.97 Å². The van der Waals surface area contributed by atoms with E-state index in [9.17, 15) is 0 Å². The lowest BCUT2D eigenvalue weighted by Crippen LogP contribution is -2.05. The number of hydrogen-bond acceptors (Lipinski definition) is 5. The van der Waals surface area contributed by atoms with Crippen LogP contribution in [0, 0.1) is 6.92 Å². The Kier molecular flexibility index (Phi) is 2.76. The molecule has 1 aromatic carbocycles. The summed E-state index contributed by atoms with van der Waals surface area (Å²) in [6.45, 7) is 3.95. The van der Waals surface area contributed by atoms with E-state index in [2.05, 4.69) is 22.2 Å². The van der Waals surface area contributed by atoms with Gasteiger partial charge in [-0.25, -0.2) is 9.97 Å². The molecule has 0 aliphatic carbocycles. The van der Waals surface area contributed by atoms with Gasteiger partial charge in [-0.2, -0.15) is 0 Å². The molecule has 3 rings (SSSR count). The number of benzene rings is 1. The molecule has 1 N–H and O–H groups in total. The maximum absolute atomic E-state index is 5.45. The molecule has 5 heteroatoms. The monoisotopic (exact) mass is 259 g/mol. The average Bonchev–Trinajstić information content (AvgIpc) is 2.95. The van der Waals surface area contributed by atoms with Crippen LogP contribution < -0.4 is 5.32 Å². The fraction of sp³-hybridized carbons (Fsp3) is 0.231. The minimum atomic E-state index is 0.190. The van der Waals surface area contributed by atoms with Crippen molar-refractivity contribution in [3.63, 3.8) is 0 Å². The van der Waals surface area contributed by atoms with Crippen LogP contribution in [0.15, 0.2) is 34.2 Å². The first-order valence-corrected chi connectivity index (χ1v) is 6.63. The Morgan fingerprint density at radius 3 is 3.06 bits per heavy atom. The number of hydrogen-bond donors (Lipinski definition) is 1. The van der Waals surface area contributed by atoms with Crippen molar-refractivity contribution in [2.75, 3.05) is 5.32 Å². The Balaban J connectivity index is 1.86. The van der Waals surface area contributed by atoms with Gasteiger partial charge in [0.15, 0.2) is 11.5 Å². The number of aromatic nitrogens is 2. The van der Waals surface area contributed by atoms with E-state index >= 15 is 0 Å². The second kappa shape index (κ2) is 4.42. The summed E-state index contributed by atoms with van der Waals surface area (Å²) in [4.78, 5) is 8.62. The van der Waals surface area contributed by atoms with E-state index in [-0.39, 0.29) is 6.04 Å². The summed E-state index contributed by atoms with van der Waals surface area (Å²) >= 11 is 1.65. The molecule has 2 aromatic heterocycles. The molecular formula is C13H13N3OS. The molecule has 0 aliphatic rings. The van der Waals surface area contributed by atoms with Gasteiger partial charge >= 0.3 is 0 Å². The fourth-order valence-electron chi connectivity index (χ4n) is 1.89. The standard InChI is InChI=1S/C13H13N3OS/c1-8(13-14-5-6-18-13)15-10-3-4-12-11(7-10)16-9(2)17-12/h3-8,15H,1-2H3. The Morgan fingerprint density at radius 2 is 2.28 bits per heavy atom. The number of oxazole rings is 1. The van der Waals surface area contributed by atoms with Crippen molar-refractivity contribution < 1.29 is 4.42 Å². The predicted octanol–water partition coefficient (Wildman–Crippen LogP) is 3.77. The largest absolute Gasteiger partial charge is 0.441 e. The van der Waals surface area contributed by atoms with Gasteiger partial charge in [-0.05, 0) is 25.1 Å². The lowest BCUT2D eigenvalue weighted by molar-refractivity contribution is 0.561. The van der Waals surface area contributed by atoms with E-state index < -0.39 is 0 Å². The van der Waals surface area contributed by atoms with Crippen LogP contribution in [0.3, 0.4) is 0 Å². The number of fused-ring (bicyclic) bond motifs is 1. The predicted molar refractivity (Wildman–Crippen MR) is 72.9 cm³/mol. The molecule has 2 heterocycles. The van der Waals surface area contributed by atoms with E-state index in [1.54, 1.807) is 11.3 Å². The first-order chi connectivity index (χ1) is 8.72. The topological polar surface area (TPSA) is 51.0 Å². The van der Waals surface area contributed by atoms with Gasteiger partial charge in [0, 0.05) is 24.2 Å². The Hall–Kier alpha value is -1.88. The summed E-state index contributed by atoms with van der Waals surface area (Å²) in [6, 6.07) is 6.12. The highest BCUT2D eigenvalue weighted by atomic mass is 32.1. The second-order valence-electron chi connectivity index (χ2n) is 4.15. The highest BCUT2D eigenvalue weighted by Gasteiger charge is 2.09. The molecular weight excluding hydrogens is 246 g/mol. The quantitative estimate of drug-likeness (QED) is 0.778. The summed E-state index contributed by atoms with van der Waals surface area (Å²) in [5.74, 6) is 0.690. The van der Waals surface area contributed by atoms with E-state index in [1.807, 2.05) is 36.7 Å². The van der Waals surface area contributed by atoms with Crippen LogP contribution >= 0.6 is 11.3 Å². The van der Waals surface area contributed by atoms with Crippen LogP contribution in [0.2, 0.25) is 0 Å². The molecule has 0 saturated heterocycles. The molecule has 18 heavy (non-hydrogen) atoms. The van der Waals surface area contributed by atoms with Crippen molar-refractivity contribution in [2.24, 2.45) is 0 Å². The molecule has 1 atom stereocenters. The maximum atomic E-state index is 5.45. The highest BCUT2D eigenvalue weighted by Crippen LogP contribution is 2.24. The van der Waals surface area contributed by atoms with Gasteiger partial charge in [-0.1, -0.05) is 0 Å². The Bertz CT molecular complexity index is 660. The van der Waals surface area contributed by atoms with Crippen molar-refractivity contribution >= 4 is 28.1 Å². The van der Waals surface area contributed by atoms with Crippen LogP contribution in [0.5, 0.6) is 0 Å². The molecule has 3 aromatic rings. The van der Waals surface area contributed by atoms with Gasteiger partial charge in [0.05, 0.1) is 6.04 Å². The van der Waals surface area contributed by atoms with E-state index in [0.29, 0.717) is 5.89 Å². The molecule has 0 spiro atoms. The summed E-state index contributed by atoms with van der Waals surface area (Å²) < 4.78 is 5.45. The molecule has 4 nitrogen and oxygen atoms in total. The minimum absolute atomic E-state index is 0.190. The number of anilines is 1. The van der Waals surface area contributed by atoms with E-state index in [0.717, 1.165) is 21.8 Å². The summed E-state index contributed by atoms with van der Waals surface area (Å²) in [5, 5.41) is 6.47. The number of aryl methyl sites for hydroxylation is 1. The molecule has 0 bridgehead atoms. The van der Waals surface area contributed by atoms with Crippen LogP contribution in [-0.4, -0.2) is 9.97 Å². The van der Waals surface area contributed by atoms with Crippen LogP contribution in [-0.2, 0) is 0 Å². The molecule has 0 aliphatic heterocycles. The van der Waals surface area contributed by atoms with Gasteiger partial charge in [-0.3, -0.25) is 0 Å². The zero-order valence-corrected chi connectivity index (χ0v) is 11.0. The summed E-state index contributed by atoms with van der Waals surface area (Å²) in [5.41, 5.74) is 2.72. The molecule has 0 amide bonds. The zero-order valence-electron chi connectivity index (χ0n) is 10.2. The van der Waals surface area contributed by atoms with E-state index in [1.165, 1.54) is 0 Å². The van der Waals surface area contributed by atoms with Crippen molar-refractivity contribution in [2.45, 2.75) is 19.9 Å². The van der Waals surface area contributed by atoms with Gasteiger partial charge in [0.1, 0.15) is 10.5 Å². The van der Waals surface area contributed by atoms with Crippen molar-refractivity contribution in [3.8, 4) is 0 Å². The average molecular weight is 259 g/mol. The Morgan fingerprint density at radius 1 is 1.39 bits per heavy atom. The number of nitrogens with zero attached hydrogens (tertiary/aromatic N) is 2. The first kappa shape index (κ1) is 11.2. The lowest BCUT2D eigenvalue weighted by atomic mass is 10.2. The van der Waals surface area contributed by atoms with Gasteiger partial charge in [0.25, 0.3) is 0 Å². The van der Waals surface area contributed by atoms with Crippen LogP contribution in [0.25, 0.3) is 11.1 Å². The molecule has 92 valence electrons. The van der Waals surface area contributed by atoms with Crippen molar-refractivity contribution in [3.05, 3.63) is 40.7 Å². The maximum Gasteiger partial charge on any atom is 0.192 e. The molecule has 1 unspecified atom stereocenters. The van der Waals surface area contributed by atoms with Gasteiger partial charge < -0.3 is 9.73 Å². The first-order valence-electron chi connectivity index (χ1n) is 5.75. The number of nitrogens with one attached hydrogen (secondary N) is 1. The normalized spacial score (nSPS) is 12.8. The number of rotatable bonds is 3. The zero-order chi connectivity index (χ0) is 12.5. The molecule has 0 radical (unpaired) electrons. The van der Waals surface area contributed by atoms with Crippen LogP contribution in [0.1, 0.15) is 23.9 Å². The summed E-state index contributed by atoms with van der Waals surface area (Å²) in [6.07, 6.45) is 1.82. The minimum Gasteiger partial charge on any atom is -0.441 e. The van der Waals surface area contributed by atoms with Crippen molar-refractivity contribution in [1.29, 1.82) is 0 Å². The smallest absolute Gasteiger partial charge is 0.192 e. The Labute approximate surface area is 109 Å². The molecule has 0 saturated carbocycles. The SMILES string of the molecule is Cc1nc2cc(NC(C)c3nccs3)ccc2o1. The number of thiazole rings is 1. The lowest BCUT2D eigenvalue weighted by Gasteiger charge is -2.12. The second-order valence-corrected chi connectivity index (χ2v) is 5.08. The third kappa shape index (κ3) is 2.09. The van der Waals surface area contributed by atoms with Crippen LogP contribution in [0.4, 0.5) is 5.69 Å². The highest BCUT2D eigenvalue weighted by molar-refractivity contribution is 7.09. The summed E-state index contributed by atoms with van der Waals surface area (Å²) in [7, 11) is 0.